The van der Waals surface area contributed by atoms with Gasteiger partial charge in [0.25, 0.3) is 0 Å². The third-order valence-corrected chi connectivity index (χ3v) is 6.02. The number of carbonyl (C=O) groups is 1. The Hall–Kier alpha value is -1.39. The smallest absolute Gasteiger partial charge is 0.237 e. The molecule has 0 bridgehead atoms. The average Bonchev–Trinajstić information content (AvgIpc) is 2.64. The van der Waals surface area contributed by atoms with Gasteiger partial charge in [0, 0.05) is 38.8 Å². The minimum atomic E-state index is -0.0204. The van der Waals surface area contributed by atoms with Crippen LogP contribution in [0.3, 0.4) is 0 Å². The minimum absolute atomic E-state index is 0.0204. The van der Waals surface area contributed by atoms with E-state index < -0.39 is 0 Å². The van der Waals surface area contributed by atoms with Crippen molar-refractivity contribution in [3.8, 4) is 0 Å². The molecule has 138 valence electrons. The summed E-state index contributed by atoms with van der Waals surface area (Å²) in [6.45, 7) is 9.36. The van der Waals surface area contributed by atoms with E-state index in [1.54, 1.807) is 0 Å². The lowest BCUT2D eigenvalue weighted by molar-refractivity contribution is -0.127. The van der Waals surface area contributed by atoms with E-state index in [1.807, 2.05) is 0 Å². The monoisotopic (exact) mass is 343 g/mol. The van der Waals surface area contributed by atoms with Crippen molar-refractivity contribution in [3.63, 3.8) is 0 Å². The molecule has 1 aromatic carbocycles. The molecule has 1 saturated carbocycles. The second-order valence-electron chi connectivity index (χ2n) is 7.85. The van der Waals surface area contributed by atoms with Gasteiger partial charge in [0.2, 0.25) is 5.91 Å². The molecule has 3 unspecified atom stereocenters. The molecule has 0 radical (unpaired) electrons. The van der Waals surface area contributed by atoms with Gasteiger partial charge in [-0.15, -0.1) is 0 Å². The molecule has 3 atom stereocenters. The molecule has 1 aliphatic heterocycles. The van der Waals surface area contributed by atoms with Gasteiger partial charge in [-0.3, -0.25) is 14.6 Å². The Kier molecular flexibility index (Phi) is 6.49. The van der Waals surface area contributed by atoms with Gasteiger partial charge in [0.05, 0.1) is 6.04 Å². The third-order valence-electron chi connectivity index (χ3n) is 6.02. The summed E-state index contributed by atoms with van der Waals surface area (Å²) < 4.78 is 0. The molecule has 0 aromatic heterocycles. The summed E-state index contributed by atoms with van der Waals surface area (Å²) in [6, 6.07) is 11.0. The fourth-order valence-corrected chi connectivity index (χ4v) is 4.15. The Morgan fingerprint density at radius 1 is 1.12 bits per heavy atom. The molecule has 1 saturated heterocycles. The first-order valence-electron chi connectivity index (χ1n) is 9.94. The molecule has 2 fully saturated rings. The van der Waals surface area contributed by atoms with Gasteiger partial charge in [-0.05, 0) is 31.2 Å². The van der Waals surface area contributed by atoms with Crippen LogP contribution in [0.15, 0.2) is 30.3 Å². The van der Waals surface area contributed by atoms with Crippen LogP contribution in [0.4, 0.5) is 0 Å². The first kappa shape index (κ1) is 18.4. The van der Waals surface area contributed by atoms with Gasteiger partial charge >= 0.3 is 0 Å². The summed E-state index contributed by atoms with van der Waals surface area (Å²) >= 11 is 0. The van der Waals surface area contributed by atoms with Crippen molar-refractivity contribution in [2.24, 2.45) is 5.92 Å². The Balaban J connectivity index is 1.44. The van der Waals surface area contributed by atoms with E-state index in [4.69, 9.17) is 0 Å². The van der Waals surface area contributed by atoms with Crippen LogP contribution in [-0.4, -0.2) is 54.0 Å². The predicted molar refractivity (Wildman–Crippen MR) is 102 cm³/mol. The molecular weight excluding hydrogens is 310 g/mol. The summed E-state index contributed by atoms with van der Waals surface area (Å²) in [7, 11) is 0. The average molecular weight is 344 g/mol. The first-order valence-corrected chi connectivity index (χ1v) is 9.94. The van der Waals surface area contributed by atoms with E-state index in [1.165, 1.54) is 24.8 Å². The largest absolute Gasteiger partial charge is 0.352 e. The lowest BCUT2D eigenvalue weighted by Gasteiger charge is -2.38. The molecule has 1 aromatic rings. The summed E-state index contributed by atoms with van der Waals surface area (Å²) in [4.78, 5) is 17.5. The Bertz CT molecular complexity index is 539. The number of hydrogen-bond donors (Lipinski definition) is 1. The highest BCUT2D eigenvalue weighted by Gasteiger charge is 2.29. The van der Waals surface area contributed by atoms with Crippen LogP contribution in [0.25, 0.3) is 0 Å². The molecular formula is C21H33N3O. The number of nitrogens with one attached hydrogen (secondary N) is 1. The summed E-state index contributed by atoms with van der Waals surface area (Å²) in [5.41, 5.74) is 1.37. The summed E-state index contributed by atoms with van der Waals surface area (Å²) in [6.07, 6.45) is 4.95. The number of nitrogens with zero attached hydrogens (tertiary/aromatic N) is 2. The molecule has 2 aliphatic rings. The van der Waals surface area contributed by atoms with E-state index >= 15 is 0 Å². The van der Waals surface area contributed by atoms with Crippen LogP contribution in [0, 0.1) is 5.92 Å². The van der Waals surface area contributed by atoms with Gasteiger partial charge in [-0.2, -0.15) is 0 Å². The second kappa shape index (κ2) is 8.81. The Morgan fingerprint density at radius 2 is 1.80 bits per heavy atom. The normalized spacial score (nSPS) is 27.0. The highest BCUT2D eigenvalue weighted by atomic mass is 16.2. The second-order valence-corrected chi connectivity index (χ2v) is 7.85. The molecule has 1 N–H and O–H groups in total. The highest BCUT2D eigenvalue weighted by molar-refractivity contribution is 5.81. The number of piperazine rings is 1. The zero-order valence-corrected chi connectivity index (χ0v) is 15.8. The highest BCUT2D eigenvalue weighted by Crippen LogP contribution is 2.24. The van der Waals surface area contributed by atoms with Crippen molar-refractivity contribution in [3.05, 3.63) is 35.9 Å². The van der Waals surface area contributed by atoms with Gasteiger partial charge < -0.3 is 5.32 Å². The van der Waals surface area contributed by atoms with Crippen molar-refractivity contribution in [2.75, 3.05) is 26.2 Å². The molecule has 4 nitrogen and oxygen atoms in total. The minimum Gasteiger partial charge on any atom is -0.352 e. The lowest BCUT2D eigenvalue weighted by atomic mass is 9.86. The van der Waals surface area contributed by atoms with Gasteiger partial charge in [-0.1, -0.05) is 50.1 Å². The van der Waals surface area contributed by atoms with E-state index in [2.05, 4.69) is 59.3 Å². The SMILES string of the molecule is CC1CCCCC1NC(=O)C(C)N1CCN(Cc2ccccc2)CC1. The van der Waals surface area contributed by atoms with Crippen LogP contribution in [0.2, 0.25) is 0 Å². The van der Waals surface area contributed by atoms with Crippen molar-refractivity contribution < 1.29 is 4.79 Å². The van der Waals surface area contributed by atoms with Gasteiger partial charge in [0.1, 0.15) is 0 Å². The van der Waals surface area contributed by atoms with Crippen LogP contribution in [0.5, 0.6) is 0 Å². The zero-order chi connectivity index (χ0) is 17.6. The fourth-order valence-electron chi connectivity index (χ4n) is 4.15. The first-order chi connectivity index (χ1) is 12.1. The van der Waals surface area contributed by atoms with Crippen LogP contribution in [-0.2, 0) is 11.3 Å². The molecule has 1 amide bonds. The topological polar surface area (TPSA) is 35.6 Å². The summed E-state index contributed by atoms with van der Waals surface area (Å²) in [5, 5.41) is 3.32. The molecule has 3 rings (SSSR count). The maximum atomic E-state index is 12.7. The van der Waals surface area contributed by atoms with Gasteiger partial charge in [-0.25, -0.2) is 0 Å². The maximum absolute atomic E-state index is 12.7. The zero-order valence-electron chi connectivity index (χ0n) is 15.8. The van der Waals surface area contributed by atoms with E-state index in [-0.39, 0.29) is 11.9 Å². The quantitative estimate of drug-likeness (QED) is 0.893. The maximum Gasteiger partial charge on any atom is 0.237 e. The molecule has 1 heterocycles. The van der Waals surface area contributed by atoms with E-state index in [0.717, 1.165) is 39.1 Å². The number of rotatable bonds is 5. The van der Waals surface area contributed by atoms with E-state index in [0.29, 0.717) is 12.0 Å². The van der Waals surface area contributed by atoms with Crippen LogP contribution in [0.1, 0.15) is 45.1 Å². The number of amides is 1. The molecule has 0 spiro atoms. The predicted octanol–water partition coefficient (Wildman–Crippen LogP) is 2.89. The summed E-state index contributed by atoms with van der Waals surface area (Å²) in [5.74, 6) is 0.836. The number of hydrogen-bond acceptors (Lipinski definition) is 3. The Morgan fingerprint density at radius 3 is 2.48 bits per heavy atom. The number of carbonyl (C=O) groups excluding carboxylic acids is 1. The molecule has 25 heavy (non-hydrogen) atoms. The Labute approximate surface area is 152 Å². The van der Waals surface area contributed by atoms with E-state index in [9.17, 15) is 4.79 Å². The fraction of sp³-hybridized carbons (Fsp3) is 0.667. The molecule has 1 aliphatic carbocycles. The standard InChI is InChI=1S/C21H33N3O/c1-17-8-6-7-11-20(17)22-21(25)18(2)24-14-12-23(13-15-24)16-19-9-4-3-5-10-19/h3-5,9-10,17-18,20H,6-8,11-16H2,1-2H3,(H,22,25). The van der Waals surface area contributed by atoms with Crippen molar-refractivity contribution in [2.45, 2.75) is 58.2 Å². The third kappa shape index (κ3) is 5.05. The van der Waals surface area contributed by atoms with Crippen molar-refractivity contribution in [1.29, 1.82) is 0 Å². The lowest BCUT2D eigenvalue weighted by Crippen LogP contribution is -2.55. The van der Waals surface area contributed by atoms with Crippen molar-refractivity contribution in [1.82, 2.24) is 15.1 Å². The van der Waals surface area contributed by atoms with Crippen LogP contribution >= 0.6 is 0 Å². The van der Waals surface area contributed by atoms with Crippen LogP contribution < -0.4 is 5.32 Å². The number of benzene rings is 1. The van der Waals surface area contributed by atoms with Gasteiger partial charge in [0.15, 0.2) is 0 Å². The molecule has 4 heteroatoms. The van der Waals surface area contributed by atoms with Crippen molar-refractivity contribution >= 4 is 5.91 Å².